The van der Waals surface area contributed by atoms with Crippen LogP contribution < -0.4 is 0 Å². The molecule has 0 bridgehead atoms. The second kappa shape index (κ2) is 4.80. The number of benzene rings is 1. The number of carbonyl (C=O) groups is 1. The summed E-state index contributed by atoms with van der Waals surface area (Å²) in [6, 6.07) is 5.67. The Kier molecular flexibility index (Phi) is 3.68. The summed E-state index contributed by atoms with van der Waals surface area (Å²) < 4.78 is 0. The van der Waals surface area contributed by atoms with E-state index < -0.39 is 5.91 Å². The Morgan fingerprint density at radius 3 is 2.50 bits per heavy atom. The van der Waals surface area contributed by atoms with Crippen molar-refractivity contribution in [3.8, 4) is 6.07 Å². The molecule has 0 aromatic heterocycles. The van der Waals surface area contributed by atoms with E-state index in [2.05, 4.69) is 13.8 Å². The minimum absolute atomic E-state index is 0.485. The monoisotopic (exact) mass is 216 g/mol. The number of aryl methyl sites for hydroxylation is 1. The second-order valence-electron chi connectivity index (χ2n) is 4.06. The van der Waals surface area contributed by atoms with E-state index in [-0.39, 0.29) is 0 Å². The second-order valence-corrected chi connectivity index (χ2v) is 4.06. The first-order valence-electron chi connectivity index (χ1n) is 5.18. The lowest BCUT2D eigenvalue weighted by Crippen LogP contribution is -2.24. The van der Waals surface area contributed by atoms with E-state index in [1.165, 1.54) is 21.6 Å². The molecule has 0 saturated carbocycles. The molecule has 1 amide bonds. The summed E-state index contributed by atoms with van der Waals surface area (Å²) >= 11 is 0. The molecule has 1 rings (SSSR count). The van der Waals surface area contributed by atoms with Crippen LogP contribution in [0.4, 0.5) is 0 Å². The molecule has 84 valence electrons. The van der Waals surface area contributed by atoms with E-state index in [0.717, 1.165) is 5.56 Å². The van der Waals surface area contributed by atoms with Crippen molar-refractivity contribution in [2.75, 3.05) is 7.05 Å². The molecule has 0 fully saturated rings. The normalized spacial score (nSPS) is 9.69. The van der Waals surface area contributed by atoms with Crippen LogP contribution >= 0.6 is 0 Å². The van der Waals surface area contributed by atoms with Crippen LogP contribution in [-0.2, 0) is 11.3 Å². The van der Waals surface area contributed by atoms with E-state index in [1.807, 2.05) is 19.1 Å². The summed E-state index contributed by atoms with van der Waals surface area (Å²) in [5.41, 5.74) is 4.78. The van der Waals surface area contributed by atoms with E-state index in [1.54, 1.807) is 13.1 Å². The molecule has 1 aromatic rings. The van der Waals surface area contributed by atoms with Crippen LogP contribution in [-0.4, -0.2) is 17.9 Å². The number of hydrogen-bond acceptors (Lipinski definition) is 2. The van der Waals surface area contributed by atoms with Crippen LogP contribution in [0.5, 0.6) is 0 Å². The summed E-state index contributed by atoms with van der Waals surface area (Å²) in [7, 11) is 1.64. The smallest absolute Gasteiger partial charge is 0.325 e. The van der Waals surface area contributed by atoms with Gasteiger partial charge in [0.05, 0.1) is 0 Å². The molecule has 0 radical (unpaired) electrons. The minimum atomic E-state index is -0.502. The van der Waals surface area contributed by atoms with Crippen LogP contribution in [0, 0.1) is 32.1 Å². The molecule has 0 aliphatic carbocycles. The molecule has 0 unspecified atom stereocenters. The zero-order valence-electron chi connectivity index (χ0n) is 10.2. The number of nitriles is 1. The number of amides is 1. The van der Waals surface area contributed by atoms with E-state index in [4.69, 9.17) is 5.26 Å². The predicted octanol–water partition coefficient (Wildman–Crippen LogP) is 2.09. The van der Waals surface area contributed by atoms with Crippen molar-refractivity contribution in [2.45, 2.75) is 27.3 Å². The van der Waals surface area contributed by atoms with E-state index in [0.29, 0.717) is 6.54 Å². The highest BCUT2D eigenvalue weighted by atomic mass is 16.2. The van der Waals surface area contributed by atoms with Gasteiger partial charge in [-0.25, -0.2) is 0 Å². The maximum absolute atomic E-state index is 11.1. The van der Waals surface area contributed by atoms with Crippen molar-refractivity contribution in [3.05, 3.63) is 34.4 Å². The Balaban J connectivity index is 2.96. The lowest BCUT2D eigenvalue weighted by molar-refractivity contribution is -0.124. The Morgan fingerprint density at radius 2 is 1.94 bits per heavy atom. The van der Waals surface area contributed by atoms with Gasteiger partial charge in [0.1, 0.15) is 0 Å². The SMILES string of the molecule is Cc1ccc(CN(C)C(=O)C#N)c(C)c1C. The Morgan fingerprint density at radius 1 is 1.31 bits per heavy atom. The first kappa shape index (κ1) is 12.3. The van der Waals surface area contributed by atoms with Crippen molar-refractivity contribution < 1.29 is 4.79 Å². The van der Waals surface area contributed by atoms with E-state index in [9.17, 15) is 4.79 Å². The number of nitrogens with zero attached hydrogens (tertiary/aromatic N) is 2. The van der Waals surface area contributed by atoms with Gasteiger partial charge in [-0.1, -0.05) is 12.1 Å². The highest BCUT2D eigenvalue weighted by molar-refractivity contribution is 5.90. The average molecular weight is 216 g/mol. The standard InChI is InChI=1S/C13H16N2O/c1-9-5-6-12(11(3)10(9)2)8-15(4)13(16)7-14/h5-6H,8H2,1-4H3. The van der Waals surface area contributed by atoms with Gasteiger partial charge in [0.15, 0.2) is 6.07 Å². The van der Waals surface area contributed by atoms with Crippen molar-refractivity contribution in [2.24, 2.45) is 0 Å². The molecule has 1 aromatic carbocycles. The van der Waals surface area contributed by atoms with Crippen LogP contribution in [0.2, 0.25) is 0 Å². The maximum Gasteiger partial charge on any atom is 0.325 e. The van der Waals surface area contributed by atoms with Gasteiger partial charge in [-0.15, -0.1) is 0 Å². The van der Waals surface area contributed by atoms with Crippen molar-refractivity contribution in [1.29, 1.82) is 5.26 Å². The van der Waals surface area contributed by atoms with Crippen molar-refractivity contribution in [1.82, 2.24) is 4.90 Å². The van der Waals surface area contributed by atoms with Gasteiger partial charge in [0, 0.05) is 13.6 Å². The fourth-order valence-electron chi connectivity index (χ4n) is 1.60. The largest absolute Gasteiger partial charge is 0.329 e. The molecule has 0 spiro atoms. The van der Waals surface area contributed by atoms with Crippen LogP contribution in [0.15, 0.2) is 12.1 Å². The lowest BCUT2D eigenvalue weighted by atomic mass is 9.98. The molecule has 0 heterocycles. The van der Waals surface area contributed by atoms with Crippen LogP contribution in [0.1, 0.15) is 22.3 Å². The minimum Gasteiger partial charge on any atom is -0.329 e. The van der Waals surface area contributed by atoms with Gasteiger partial charge in [-0.05, 0) is 43.0 Å². The Bertz CT molecular complexity index is 458. The molecular weight excluding hydrogens is 200 g/mol. The molecule has 16 heavy (non-hydrogen) atoms. The molecule has 3 nitrogen and oxygen atoms in total. The third kappa shape index (κ3) is 2.40. The highest BCUT2D eigenvalue weighted by Crippen LogP contribution is 2.18. The van der Waals surface area contributed by atoms with Gasteiger partial charge in [-0.2, -0.15) is 5.26 Å². The van der Waals surface area contributed by atoms with Crippen LogP contribution in [0.3, 0.4) is 0 Å². The van der Waals surface area contributed by atoms with Crippen molar-refractivity contribution >= 4 is 5.91 Å². The topological polar surface area (TPSA) is 44.1 Å². The number of hydrogen-bond donors (Lipinski definition) is 0. The van der Waals surface area contributed by atoms with Gasteiger partial charge < -0.3 is 4.90 Å². The first-order chi connectivity index (χ1) is 7.47. The predicted molar refractivity (Wildman–Crippen MR) is 62.7 cm³/mol. The highest BCUT2D eigenvalue weighted by Gasteiger charge is 2.10. The first-order valence-corrected chi connectivity index (χ1v) is 5.18. The maximum atomic E-state index is 11.1. The zero-order chi connectivity index (χ0) is 12.3. The molecule has 0 aliphatic rings. The molecule has 0 aliphatic heterocycles. The molecule has 0 atom stereocenters. The summed E-state index contributed by atoms with van der Waals surface area (Å²) in [4.78, 5) is 12.6. The summed E-state index contributed by atoms with van der Waals surface area (Å²) in [5, 5.41) is 8.51. The summed E-state index contributed by atoms with van der Waals surface area (Å²) in [5.74, 6) is -0.502. The average Bonchev–Trinajstić information content (AvgIpc) is 2.28. The molecule has 3 heteroatoms. The van der Waals surface area contributed by atoms with Crippen LogP contribution in [0.25, 0.3) is 0 Å². The van der Waals surface area contributed by atoms with Gasteiger partial charge in [-0.3, -0.25) is 4.79 Å². The summed E-state index contributed by atoms with van der Waals surface area (Å²) in [6.07, 6.45) is 0. The third-order valence-corrected chi connectivity index (χ3v) is 3.02. The van der Waals surface area contributed by atoms with E-state index >= 15 is 0 Å². The zero-order valence-corrected chi connectivity index (χ0v) is 10.2. The number of rotatable bonds is 2. The molecular formula is C13H16N2O. The lowest BCUT2D eigenvalue weighted by Gasteiger charge is -2.17. The number of carbonyl (C=O) groups excluding carboxylic acids is 1. The fourth-order valence-corrected chi connectivity index (χ4v) is 1.60. The Hall–Kier alpha value is -1.82. The van der Waals surface area contributed by atoms with Crippen molar-refractivity contribution in [3.63, 3.8) is 0 Å². The van der Waals surface area contributed by atoms with Gasteiger partial charge >= 0.3 is 5.91 Å². The van der Waals surface area contributed by atoms with Gasteiger partial charge in [0.2, 0.25) is 0 Å². The molecule has 0 saturated heterocycles. The third-order valence-electron chi connectivity index (χ3n) is 3.02. The fraction of sp³-hybridized carbons (Fsp3) is 0.385. The quantitative estimate of drug-likeness (QED) is 0.710. The molecule has 0 N–H and O–H groups in total. The summed E-state index contributed by atoms with van der Waals surface area (Å²) in [6.45, 7) is 6.66. The van der Waals surface area contributed by atoms with Gasteiger partial charge in [0.25, 0.3) is 0 Å². The Labute approximate surface area is 96.3 Å².